The summed E-state index contributed by atoms with van der Waals surface area (Å²) in [6.07, 6.45) is 3.58. The largest absolute Gasteiger partial charge is 0.354 e. The minimum atomic E-state index is -0.256. The third kappa shape index (κ3) is 2.72. The molecule has 2 aromatic carbocycles. The topological polar surface area (TPSA) is 50.7 Å². The fraction of sp³-hybridized carbons (Fsp3) is 0.0526. The van der Waals surface area contributed by atoms with Crippen molar-refractivity contribution < 1.29 is 4.39 Å². The first kappa shape index (κ1) is 14.4. The van der Waals surface area contributed by atoms with E-state index in [2.05, 4.69) is 10.1 Å². The number of H-pyrrole nitrogens is 1. The maximum absolute atomic E-state index is 13.0. The Morgan fingerprint density at radius 1 is 1.08 bits per heavy atom. The number of nitrogens with zero attached hydrogens (tertiary/aromatic N) is 2. The number of fused-ring (bicyclic) bond motifs is 1. The van der Waals surface area contributed by atoms with Gasteiger partial charge in [-0.2, -0.15) is 5.10 Å². The van der Waals surface area contributed by atoms with Gasteiger partial charge in [0.1, 0.15) is 5.82 Å². The summed E-state index contributed by atoms with van der Waals surface area (Å²) in [5.74, 6) is -0.256. The molecule has 2 aromatic heterocycles. The summed E-state index contributed by atoms with van der Waals surface area (Å²) >= 11 is 0. The zero-order chi connectivity index (χ0) is 16.5. The number of aromatic nitrogens is 3. The van der Waals surface area contributed by atoms with Gasteiger partial charge < -0.3 is 4.98 Å². The molecule has 2 heterocycles. The number of nitrogens with one attached hydrogen (secondary N) is 1. The zero-order valence-corrected chi connectivity index (χ0v) is 12.7. The molecule has 4 rings (SSSR count). The highest BCUT2D eigenvalue weighted by Crippen LogP contribution is 2.18. The normalized spacial score (nSPS) is 11.0. The van der Waals surface area contributed by atoms with Gasteiger partial charge in [-0.05, 0) is 29.8 Å². The van der Waals surface area contributed by atoms with Gasteiger partial charge in [-0.15, -0.1) is 0 Å². The molecule has 0 atom stereocenters. The van der Waals surface area contributed by atoms with Crippen molar-refractivity contribution in [3.8, 4) is 11.3 Å². The molecule has 4 aromatic rings. The molecule has 0 saturated carbocycles. The predicted molar refractivity (Wildman–Crippen MR) is 91.3 cm³/mol. The first-order valence-corrected chi connectivity index (χ1v) is 7.58. The molecule has 24 heavy (non-hydrogen) atoms. The molecule has 0 unspecified atom stereocenters. The van der Waals surface area contributed by atoms with Crippen LogP contribution in [0.15, 0.2) is 71.8 Å². The first-order valence-electron chi connectivity index (χ1n) is 7.58. The van der Waals surface area contributed by atoms with Crippen LogP contribution in [0.5, 0.6) is 0 Å². The lowest BCUT2D eigenvalue weighted by Gasteiger charge is -2.03. The molecule has 1 N–H and O–H groups in total. The molecule has 0 aliphatic rings. The lowest BCUT2D eigenvalue weighted by atomic mass is 10.1. The maximum atomic E-state index is 13.0. The van der Waals surface area contributed by atoms with Gasteiger partial charge in [0.25, 0.3) is 0 Å². The van der Waals surface area contributed by atoms with Gasteiger partial charge >= 0.3 is 0 Å². The van der Waals surface area contributed by atoms with E-state index >= 15 is 0 Å². The Kier molecular flexibility index (Phi) is 3.46. The van der Waals surface area contributed by atoms with Crippen molar-refractivity contribution in [1.82, 2.24) is 14.8 Å². The van der Waals surface area contributed by atoms with E-state index in [1.807, 2.05) is 24.4 Å². The lowest BCUT2D eigenvalue weighted by molar-refractivity contribution is 0.624. The minimum absolute atomic E-state index is 0.0226. The van der Waals surface area contributed by atoms with Crippen LogP contribution >= 0.6 is 0 Å². The van der Waals surface area contributed by atoms with E-state index in [-0.39, 0.29) is 11.2 Å². The Hall–Kier alpha value is -3.21. The van der Waals surface area contributed by atoms with Crippen LogP contribution in [0.1, 0.15) is 5.56 Å². The zero-order valence-electron chi connectivity index (χ0n) is 12.7. The van der Waals surface area contributed by atoms with Crippen molar-refractivity contribution in [2.75, 3.05) is 0 Å². The second-order valence-corrected chi connectivity index (χ2v) is 5.65. The van der Waals surface area contributed by atoms with Crippen molar-refractivity contribution in [3.05, 3.63) is 88.6 Å². The van der Waals surface area contributed by atoms with E-state index in [0.717, 1.165) is 22.3 Å². The molecule has 0 amide bonds. The molecule has 0 fully saturated rings. The van der Waals surface area contributed by atoms with E-state index in [0.29, 0.717) is 11.9 Å². The number of halogens is 1. The van der Waals surface area contributed by atoms with Crippen LogP contribution in [0.4, 0.5) is 4.39 Å². The summed E-state index contributed by atoms with van der Waals surface area (Å²) in [5, 5.41) is 4.99. The van der Waals surface area contributed by atoms with Gasteiger partial charge in [0.15, 0.2) is 5.43 Å². The summed E-state index contributed by atoms with van der Waals surface area (Å²) in [4.78, 5) is 15.5. The second-order valence-electron chi connectivity index (χ2n) is 5.65. The number of hydrogen-bond donors (Lipinski definition) is 1. The summed E-state index contributed by atoms with van der Waals surface area (Å²) in [6, 6.07) is 15.3. The van der Waals surface area contributed by atoms with E-state index in [9.17, 15) is 9.18 Å². The molecule has 0 radical (unpaired) electrons. The van der Waals surface area contributed by atoms with Crippen LogP contribution in [-0.2, 0) is 6.54 Å². The van der Waals surface area contributed by atoms with Crippen LogP contribution in [0.3, 0.4) is 0 Å². The van der Waals surface area contributed by atoms with Gasteiger partial charge in [0.05, 0.1) is 18.4 Å². The van der Waals surface area contributed by atoms with Gasteiger partial charge in [0, 0.05) is 28.7 Å². The minimum Gasteiger partial charge on any atom is -0.354 e. The van der Waals surface area contributed by atoms with E-state index in [4.69, 9.17) is 0 Å². The van der Waals surface area contributed by atoms with Crippen LogP contribution in [-0.4, -0.2) is 14.8 Å². The molecule has 0 saturated heterocycles. The summed E-state index contributed by atoms with van der Waals surface area (Å²) < 4.78 is 14.7. The van der Waals surface area contributed by atoms with Crippen molar-refractivity contribution in [1.29, 1.82) is 0 Å². The average molecular weight is 319 g/mol. The van der Waals surface area contributed by atoms with Gasteiger partial charge in [0.2, 0.25) is 0 Å². The SMILES string of the molecule is O=c1cc(-c2cnn(Cc3ccc(F)cc3)c2)[nH]c2ccccc12. The van der Waals surface area contributed by atoms with Crippen molar-refractivity contribution in [2.45, 2.75) is 6.54 Å². The van der Waals surface area contributed by atoms with E-state index in [1.54, 1.807) is 35.1 Å². The smallest absolute Gasteiger partial charge is 0.190 e. The molecule has 4 nitrogen and oxygen atoms in total. The molecule has 5 heteroatoms. The van der Waals surface area contributed by atoms with Crippen LogP contribution < -0.4 is 5.43 Å². The average Bonchev–Trinajstić information content (AvgIpc) is 3.05. The molecule has 0 aliphatic carbocycles. The molecule has 0 bridgehead atoms. The second kappa shape index (κ2) is 5.77. The predicted octanol–water partition coefficient (Wildman–Crippen LogP) is 3.58. The van der Waals surface area contributed by atoms with Gasteiger partial charge in [-0.1, -0.05) is 24.3 Å². The Morgan fingerprint density at radius 3 is 2.71 bits per heavy atom. The highest BCUT2D eigenvalue weighted by atomic mass is 19.1. The summed E-state index contributed by atoms with van der Waals surface area (Å²) in [7, 11) is 0. The first-order chi connectivity index (χ1) is 11.7. The molecule has 0 aliphatic heterocycles. The van der Waals surface area contributed by atoms with Crippen molar-refractivity contribution in [2.24, 2.45) is 0 Å². The molecular formula is C19H14FN3O. The van der Waals surface area contributed by atoms with Crippen molar-refractivity contribution >= 4 is 10.9 Å². The Morgan fingerprint density at radius 2 is 1.88 bits per heavy atom. The van der Waals surface area contributed by atoms with Crippen molar-refractivity contribution in [3.63, 3.8) is 0 Å². The maximum Gasteiger partial charge on any atom is 0.190 e. The number of hydrogen-bond acceptors (Lipinski definition) is 2. The number of pyridine rings is 1. The number of aromatic amines is 1. The van der Waals surface area contributed by atoms with Crippen LogP contribution in [0.2, 0.25) is 0 Å². The van der Waals surface area contributed by atoms with Gasteiger partial charge in [-0.3, -0.25) is 9.48 Å². The Labute approximate surface area is 137 Å². The summed E-state index contributed by atoms with van der Waals surface area (Å²) in [5.41, 5.74) is 3.29. The van der Waals surface area contributed by atoms with Crippen LogP contribution in [0, 0.1) is 5.82 Å². The monoisotopic (exact) mass is 319 g/mol. The lowest BCUT2D eigenvalue weighted by Crippen LogP contribution is -2.02. The molecular weight excluding hydrogens is 305 g/mol. The third-order valence-electron chi connectivity index (χ3n) is 3.94. The number of rotatable bonds is 3. The fourth-order valence-corrected chi connectivity index (χ4v) is 2.72. The third-order valence-corrected chi connectivity index (χ3v) is 3.94. The summed E-state index contributed by atoms with van der Waals surface area (Å²) in [6.45, 7) is 0.540. The fourth-order valence-electron chi connectivity index (χ4n) is 2.72. The van der Waals surface area contributed by atoms with E-state index in [1.165, 1.54) is 12.1 Å². The molecule has 0 spiro atoms. The highest BCUT2D eigenvalue weighted by Gasteiger charge is 2.07. The number of para-hydroxylation sites is 1. The quantitative estimate of drug-likeness (QED) is 0.627. The number of benzene rings is 2. The van der Waals surface area contributed by atoms with Gasteiger partial charge in [-0.25, -0.2) is 4.39 Å². The molecule has 118 valence electrons. The van der Waals surface area contributed by atoms with Crippen LogP contribution in [0.25, 0.3) is 22.2 Å². The highest BCUT2D eigenvalue weighted by molar-refractivity contribution is 5.81. The Balaban J connectivity index is 1.67. The van der Waals surface area contributed by atoms with E-state index < -0.39 is 0 Å². The standard InChI is InChI=1S/C19H14FN3O/c20-15-7-5-13(6-8-15)11-23-12-14(10-21-23)18-9-19(24)16-3-1-2-4-17(16)22-18/h1-10,12H,11H2,(H,22,24). The Bertz CT molecular complexity index is 1060.